The van der Waals surface area contributed by atoms with E-state index in [4.69, 9.17) is 11.6 Å². The van der Waals surface area contributed by atoms with Crippen LogP contribution in [0.5, 0.6) is 0 Å². The molecule has 1 aromatic heterocycles. The topological polar surface area (TPSA) is 53.4 Å². The molecular weight excluding hydrogens is 266 g/mol. The molecule has 2 rings (SSSR count). The first kappa shape index (κ1) is 14.3. The SMILES string of the molecule is CN1CCN(C)C(CNc2cnn(C)c(=O)c2Cl)C1. The summed E-state index contributed by atoms with van der Waals surface area (Å²) in [5, 5.41) is 7.39. The average molecular weight is 286 g/mol. The summed E-state index contributed by atoms with van der Waals surface area (Å²) in [5.41, 5.74) is 0.326. The molecule has 0 spiro atoms. The van der Waals surface area contributed by atoms with Gasteiger partial charge in [0.1, 0.15) is 5.02 Å². The largest absolute Gasteiger partial charge is 0.381 e. The number of anilines is 1. The smallest absolute Gasteiger partial charge is 0.287 e. The minimum absolute atomic E-state index is 0.198. The number of rotatable bonds is 3. The van der Waals surface area contributed by atoms with E-state index >= 15 is 0 Å². The zero-order chi connectivity index (χ0) is 14.0. The minimum Gasteiger partial charge on any atom is -0.381 e. The molecule has 0 radical (unpaired) electrons. The van der Waals surface area contributed by atoms with Crippen LogP contribution in [0, 0.1) is 0 Å². The molecule has 1 saturated heterocycles. The van der Waals surface area contributed by atoms with Crippen LogP contribution in [0.3, 0.4) is 0 Å². The van der Waals surface area contributed by atoms with Gasteiger partial charge in [-0.1, -0.05) is 11.6 Å². The zero-order valence-electron chi connectivity index (χ0n) is 11.6. The maximum Gasteiger partial charge on any atom is 0.287 e. The van der Waals surface area contributed by atoms with Crippen molar-refractivity contribution >= 4 is 17.3 Å². The van der Waals surface area contributed by atoms with Gasteiger partial charge in [0, 0.05) is 39.3 Å². The van der Waals surface area contributed by atoms with Gasteiger partial charge in [0.25, 0.3) is 5.56 Å². The van der Waals surface area contributed by atoms with Crippen molar-refractivity contribution in [1.29, 1.82) is 0 Å². The number of hydrogen-bond acceptors (Lipinski definition) is 5. The highest BCUT2D eigenvalue weighted by atomic mass is 35.5. The van der Waals surface area contributed by atoms with E-state index in [1.165, 1.54) is 4.68 Å². The molecule has 1 atom stereocenters. The van der Waals surface area contributed by atoms with E-state index in [-0.39, 0.29) is 10.6 Å². The Bertz CT molecular complexity index is 503. The third-order valence-electron chi connectivity index (χ3n) is 3.59. The molecule has 0 bridgehead atoms. The Morgan fingerprint density at radius 3 is 2.89 bits per heavy atom. The maximum absolute atomic E-state index is 11.7. The lowest BCUT2D eigenvalue weighted by atomic mass is 10.2. The molecule has 106 valence electrons. The van der Waals surface area contributed by atoms with E-state index in [0.717, 1.165) is 26.2 Å². The van der Waals surface area contributed by atoms with Crippen molar-refractivity contribution < 1.29 is 0 Å². The van der Waals surface area contributed by atoms with Crippen LogP contribution in [0.2, 0.25) is 5.02 Å². The number of aryl methyl sites for hydroxylation is 1. The molecule has 0 aliphatic carbocycles. The second kappa shape index (κ2) is 5.90. The van der Waals surface area contributed by atoms with Gasteiger partial charge in [-0.15, -0.1) is 0 Å². The molecule has 1 aliphatic rings. The van der Waals surface area contributed by atoms with Crippen molar-refractivity contribution in [2.75, 3.05) is 45.6 Å². The van der Waals surface area contributed by atoms with Gasteiger partial charge in [0.05, 0.1) is 11.9 Å². The highest BCUT2D eigenvalue weighted by Gasteiger charge is 2.22. The summed E-state index contributed by atoms with van der Waals surface area (Å²) in [5.74, 6) is 0. The van der Waals surface area contributed by atoms with Crippen LogP contribution in [-0.4, -0.2) is 65.9 Å². The van der Waals surface area contributed by atoms with Crippen molar-refractivity contribution in [1.82, 2.24) is 19.6 Å². The van der Waals surface area contributed by atoms with Gasteiger partial charge in [0.15, 0.2) is 0 Å². The molecule has 0 amide bonds. The first-order valence-electron chi connectivity index (χ1n) is 6.33. The second-order valence-corrected chi connectivity index (χ2v) is 5.46. The molecule has 1 unspecified atom stereocenters. The minimum atomic E-state index is -0.277. The van der Waals surface area contributed by atoms with Gasteiger partial charge in [0.2, 0.25) is 0 Å². The Balaban J connectivity index is 2.02. The number of hydrogen-bond donors (Lipinski definition) is 1. The monoisotopic (exact) mass is 285 g/mol. The third kappa shape index (κ3) is 3.26. The van der Waals surface area contributed by atoms with Crippen molar-refractivity contribution in [3.63, 3.8) is 0 Å². The van der Waals surface area contributed by atoms with Crippen LogP contribution in [0.1, 0.15) is 0 Å². The Labute approximate surface area is 117 Å². The van der Waals surface area contributed by atoms with Gasteiger partial charge in [-0.2, -0.15) is 5.10 Å². The van der Waals surface area contributed by atoms with Crippen molar-refractivity contribution in [2.24, 2.45) is 7.05 Å². The summed E-state index contributed by atoms with van der Waals surface area (Å²) in [4.78, 5) is 16.3. The lowest BCUT2D eigenvalue weighted by Gasteiger charge is -2.37. The molecule has 1 aliphatic heterocycles. The molecule has 1 fully saturated rings. The molecule has 0 saturated carbocycles. The normalized spacial score (nSPS) is 21.6. The van der Waals surface area contributed by atoms with Crippen molar-refractivity contribution in [3.8, 4) is 0 Å². The molecular formula is C12H20ClN5O. The number of halogens is 1. The van der Waals surface area contributed by atoms with E-state index in [0.29, 0.717) is 11.7 Å². The maximum atomic E-state index is 11.7. The lowest BCUT2D eigenvalue weighted by Crippen LogP contribution is -2.52. The van der Waals surface area contributed by atoms with E-state index in [1.54, 1.807) is 13.2 Å². The molecule has 0 aromatic carbocycles. The van der Waals surface area contributed by atoms with E-state index in [9.17, 15) is 4.79 Å². The molecule has 1 N–H and O–H groups in total. The molecule has 19 heavy (non-hydrogen) atoms. The summed E-state index contributed by atoms with van der Waals surface area (Å²) >= 11 is 6.02. The Kier molecular flexibility index (Phi) is 4.44. The lowest BCUT2D eigenvalue weighted by molar-refractivity contribution is 0.122. The van der Waals surface area contributed by atoms with Gasteiger partial charge in [-0.05, 0) is 14.1 Å². The van der Waals surface area contributed by atoms with Crippen molar-refractivity contribution in [2.45, 2.75) is 6.04 Å². The van der Waals surface area contributed by atoms with E-state index < -0.39 is 0 Å². The van der Waals surface area contributed by atoms with Crippen LogP contribution in [-0.2, 0) is 7.05 Å². The Morgan fingerprint density at radius 2 is 2.16 bits per heavy atom. The van der Waals surface area contributed by atoms with Crippen LogP contribution in [0.4, 0.5) is 5.69 Å². The summed E-state index contributed by atoms with van der Waals surface area (Å²) in [6, 6.07) is 0.402. The van der Waals surface area contributed by atoms with Gasteiger partial charge >= 0.3 is 0 Å². The van der Waals surface area contributed by atoms with Crippen LogP contribution < -0.4 is 10.9 Å². The average Bonchev–Trinajstić information content (AvgIpc) is 2.39. The van der Waals surface area contributed by atoms with Crippen LogP contribution >= 0.6 is 11.6 Å². The second-order valence-electron chi connectivity index (χ2n) is 5.08. The first-order chi connectivity index (χ1) is 8.99. The fourth-order valence-electron chi connectivity index (χ4n) is 2.18. The number of nitrogens with one attached hydrogen (secondary N) is 1. The number of nitrogens with zero attached hydrogens (tertiary/aromatic N) is 4. The zero-order valence-corrected chi connectivity index (χ0v) is 12.3. The highest BCUT2D eigenvalue weighted by Crippen LogP contribution is 2.16. The number of piperazine rings is 1. The molecule has 1 aromatic rings. The molecule has 6 nitrogen and oxygen atoms in total. The van der Waals surface area contributed by atoms with Crippen LogP contribution in [0.15, 0.2) is 11.0 Å². The molecule has 7 heteroatoms. The summed E-state index contributed by atoms with van der Waals surface area (Å²) < 4.78 is 1.23. The standard InChI is InChI=1S/C12H20ClN5O/c1-16-4-5-17(2)9(8-16)6-14-10-7-15-18(3)12(19)11(10)13/h7,9,14H,4-6,8H2,1-3H3. The fraction of sp³-hybridized carbons (Fsp3) is 0.667. The Morgan fingerprint density at radius 1 is 1.42 bits per heavy atom. The van der Waals surface area contributed by atoms with Crippen molar-refractivity contribution in [3.05, 3.63) is 21.6 Å². The Hall–Kier alpha value is -1.11. The van der Waals surface area contributed by atoms with E-state index in [1.807, 2.05) is 0 Å². The molecule has 2 heterocycles. The van der Waals surface area contributed by atoms with Gasteiger partial charge < -0.3 is 10.2 Å². The summed E-state index contributed by atoms with van der Waals surface area (Å²) in [6.07, 6.45) is 1.59. The predicted octanol–water partition coefficient (Wildman–Crippen LogP) is 0.0914. The first-order valence-corrected chi connectivity index (χ1v) is 6.71. The van der Waals surface area contributed by atoms with E-state index in [2.05, 4.69) is 34.3 Å². The summed E-state index contributed by atoms with van der Waals surface area (Å²) in [6.45, 7) is 3.88. The fourth-order valence-corrected chi connectivity index (χ4v) is 2.42. The highest BCUT2D eigenvalue weighted by molar-refractivity contribution is 6.32. The predicted molar refractivity (Wildman–Crippen MR) is 76.9 cm³/mol. The summed E-state index contributed by atoms with van der Waals surface area (Å²) in [7, 11) is 5.82. The number of aromatic nitrogens is 2. The number of likely N-dealkylation sites (N-methyl/N-ethyl adjacent to an activating group) is 2. The van der Waals surface area contributed by atoms with Crippen LogP contribution in [0.25, 0.3) is 0 Å². The van der Waals surface area contributed by atoms with Gasteiger partial charge in [-0.3, -0.25) is 9.69 Å². The quantitative estimate of drug-likeness (QED) is 0.853. The third-order valence-corrected chi connectivity index (χ3v) is 3.95. The van der Waals surface area contributed by atoms with Gasteiger partial charge in [-0.25, -0.2) is 4.68 Å².